The molecule has 0 bridgehead atoms. The van der Waals surface area contributed by atoms with Crippen molar-refractivity contribution in [2.45, 2.75) is 10.1 Å². The summed E-state index contributed by atoms with van der Waals surface area (Å²) in [5.74, 6) is -0.104. The molecular weight excluding hydrogens is 364 g/mol. The lowest BCUT2D eigenvalue weighted by Crippen LogP contribution is -2.12. The summed E-state index contributed by atoms with van der Waals surface area (Å²) in [7, 11) is 1.97. The fourth-order valence-corrected chi connectivity index (χ4v) is 4.11. The van der Waals surface area contributed by atoms with Gasteiger partial charge in [0.15, 0.2) is 5.16 Å². The number of aromatic nitrogens is 3. The van der Waals surface area contributed by atoms with E-state index in [1.165, 1.54) is 11.3 Å². The molecule has 0 unspecified atom stereocenters. The fourth-order valence-electron chi connectivity index (χ4n) is 2.52. The van der Waals surface area contributed by atoms with Crippen molar-refractivity contribution in [3.8, 4) is 5.69 Å². The molecule has 1 amide bonds. The SMILES string of the molecule is Cn1ccnc1Sc1ccc(NC(=O)c2sccc2-n2cccc2)cc1. The van der Waals surface area contributed by atoms with E-state index in [-0.39, 0.29) is 5.91 Å². The van der Waals surface area contributed by atoms with Crippen LogP contribution in [-0.2, 0) is 7.05 Å². The highest BCUT2D eigenvalue weighted by Gasteiger charge is 2.14. The molecule has 3 aromatic heterocycles. The summed E-state index contributed by atoms with van der Waals surface area (Å²) in [6.07, 6.45) is 7.56. The number of amides is 1. The molecule has 0 aliphatic carbocycles. The maximum absolute atomic E-state index is 12.6. The summed E-state index contributed by atoms with van der Waals surface area (Å²) in [5.41, 5.74) is 1.66. The van der Waals surface area contributed by atoms with Gasteiger partial charge in [0.25, 0.3) is 5.91 Å². The van der Waals surface area contributed by atoms with E-state index in [9.17, 15) is 4.79 Å². The molecule has 5 nitrogen and oxygen atoms in total. The molecule has 3 heterocycles. The Bertz CT molecular complexity index is 1020. The number of imidazole rings is 1. The van der Waals surface area contributed by atoms with Gasteiger partial charge in [0.2, 0.25) is 0 Å². The molecular formula is C19H16N4OS2. The van der Waals surface area contributed by atoms with E-state index in [1.54, 1.807) is 18.0 Å². The second-order valence-electron chi connectivity index (χ2n) is 5.63. The van der Waals surface area contributed by atoms with Crippen molar-refractivity contribution in [3.63, 3.8) is 0 Å². The van der Waals surface area contributed by atoms with Crippen LogP contribution in [0, 0.1) is 0 Å². The monoisotopic (exact) mass is 380 g/mol. The first-order chi connectivity index (χ1) is 12.7. The summed E-state index contributed by atoms with van der Waals surface area (Å²) in [4.78, 5) is 18.7. The average Bonchev–Trinajstić information content (AvgIpc) is 3.38. The van der Waals surface area contributed by atoms with E-state index in [1.807, 2.05) is 82.6 Å². The molecule has 0 aliphatic rings. The van der Waals surface area contributed by atoms with Crippen LogP contribution >= 0.6 is 23.1 Å². The molecule has 7 heteroatoms. The minimum Gasteiger partial charge on any atom is -0.329 e. The quantitative estimate of drug-likeness (QED) is 0.547. The Hall–Kier alpha value is -2.77. The third-order valence-electron chi connectivity index (χ3n) is 3.83. The molecule has 130 valence electrons. The zero-order valence-electron chi connectivity index (χ0n) is 14.0. The molecule has 1 aromatic carbocycles. The van der Waals surface area contributed by atoms with Crippen LogP contribution in [0.3, 0.4) is 0 Å². The van der Waals surface area contributed by atoms with Crippen molar-refractivity contribution in [1.29, 1.82) is 0 Å². The standard InChI is InChI=1S/C19H16N4OS2/c1-22-12-9-20-19(22)26-15-6-4-14(5-7-15)21-18(24)17-16(8-13-25-17)23-10-2-3-11-23/h2-13H,1H3,(H,21,24). The van der Waals surface area contributed by atoms with Gasteiger partial charge in [-0.15, -0.1) is 11.3 Å². The van der Waals surface area contributed by atoms with Crippen LogP contribution < -0.4 is 5.32 Å². The number of carbonyl (C=O) groups is 1. The van der Waals surface area contributed by atoms with Crippen LogP contribution in [0.25, 0.3) is 5.69 Å². The second kappa shape index (κ2) is 7.23. The lowest BCUT2D eigenvalue weighted by Gasteiger charge is -2.08. The van der Waals surface area contributed by atoms with Gasteiger partial charge in [-0.3, -0.25) is 4.79 Å². The van der Waals surface area contributed by atoms with Crippen LogP contribution in [0.5, 0.6) is 0 Å². The van der Waals surface area contributed by atoms with E-state index in [0.717, 1.165) is 21.4 Å². The number of aryl methyl sites for hydroxylation is 1. The van der Waals surface area contributed by atoms with Crippen molar-refractivity contribution in [2.75, 3.05) is 5.32 Å². The Morgan fingerprint density at radius 2 is 1.88 bits per heavy atom. The van der Waals surface area contributed by atoms with Gasteiger partial charge >= 0.3 is 0 Å². The highest BCUT2D eigenvalue weighted by atomic mass is 32.2. The number of thiophene rings is 1. The van der Waals surface area contributed by atoms with Crippen LogP contribution in [0.4, 0.5) is 5.69 Å². The number of hydrogen-bond donors (Lipinski definition) is 1. The van der Waals surface area contributed by atoms with Crippen LogP contribution in [0.15, 0.2) is 82.7 Å². The Balaban J connectivity index is 1.47. The molecule has 4 aromatic rings. The van der Waals surface area contributed by atoms with Crippen LogP contribution in [0.1, 0.15) is 9.67 Å². The number of rotatable bonds is 5. The first-order valence-electron chi connectivity index (χ1n) is 7.98. The summed E-state index contributed by atoms with van der Waals surface area (Å²) >= 11 is 3.02. The maximum Gasteiger partial charge on any atom is 0.267 e. The van der Waals surface area contributed by atoms with Crippen molar-refractivity contribution >= 4 is 34.7 Å². The predicted molar refractivity (Wildman–Crippen MR) is 105 cm³/mol. The fraction of sp³-hybridized carbons (Fsp3) is 0.0526. The molecule has 0 radical (unpaired) electrons. The number of nitrogens with zero attached hydrogens (tertiary/aromatic N) is 3. The first kappa shape index (κ1) is 16.7. The van der Waals surface area contributed by atoms with Crippen molar-refractivity contribution in [1.82, 2.24) is 14.1 Å². The molecule has 1 N–H and O–H groups in total. The summed E-state index contributed by atoms with van der Waals surface area (Å²) in [6.45, 7) is 0. The zero-order chi connectivity index (χ0) is 17.9. The number of benzene rings is 1. The van der Waals surface area contributed by atoms with Crippen LogP contribution in [-0.4, -0.2) is 20.0 Å². The second-order valence-corrected chi connectivity index (χ2v) is 7.58. The van der Waals surface area contributed by atoms with Gasteiger partial charge in [0.1, 0.15) is 4.88 Å². The van der Waals surface area contributed by atoms with E-state index in [0.29, 0.717) is 4.88 Å². The largest absolute Gasteiger partial charge is 0.329 e. The number of nitrogens with one attached hydrogen (secondary N) is 1. The molecule has 0 saturated carbocycles. The van der Waals surface area contributed by atoms with E-state index in [2.05, 4.69) is 10.3 Å². The van der Waals surface area contributed by atoms with E-state index in [4.69, 9.17) is 0 Å². The molecule has 0 atom stereocenters. The van der Waals surface area contributed by atoms with E-state index >= 15 is 0 Å². The van der Waals surface area contributed by atoms with E-state index < -0.39 is 0 Å². The van der Waals surface area contributed by atoms with Gasteiger partial charge in [-0.2, -0.15) is 0 Å². The van der Waals surface area contributed by atoms with Crippen molar-refractivity contribution in [2.24, 2.45) is 7.05 Å². The van der Waals surface area contributed by atoms with Gasteiger partial charge in [-0.1, -0.05) is 11.8 Å². The number of anilines is 1. The summed E-state index contributed by atoms with van der Waals surface area (Å²) < 4.78 is 3.91. The maximum atomic E-state index is 12.6. The lowest BCUT2D eigenvalue weighted by molar-refractivity contribution is 0.103. The molecule has 0 aliphatic heterocycles. The highest BCUT2D eigenvalue weighted by Crippen LogP contribution is 2.27. The smallest absolute Gasteiger partial charge is 0.267 e. The molecule has 26 heavy (non-hydrogen) atoms. The van der Waals surface area contributed by atoms with Gasteiger partial charge in [-0.25, -0.2) is 4.98 Å². The van der Waals surface area contributed by atoms with Crippen molar-refractivity contribution in [3.05, 3.63) is 77.5 Å². The third kappa shape index (κ3) is 3.44. The highest BCUT2D eigenvalue weighted by molar-refractivity contribution is 7.99. The minimum absolute atomic E-state index is 0.104. The Morgan fingerprint density at radius 1 is 1.12 bits per heavy atom. The van der Waals surface area contributed by atoms with Gasteiger partial charge in [-0.05, 0) is 47.8 Å². The predicted octanol–water partition coefficient (Wildman–Crippen LogP) is 4.68. The minimum atomic E-state index is -0.104. The molecule has 0 saturated heterocycles. The van der Waals surface area contributed by atoms with Gasteiger partial charge in [0, 0.05) is 42.4 Å². The molecule has 0 spiro atoms. The lowest BCUT2D eigenvalue weighted by atomic mass is 10.3. The molecule has 4 rings (SSSR count). The van der Waals surface area contributed by atoms with Gasteiger partial charge in [0.05, 0.1) is 5.69 Å². The first-order valence-corrected chi connectivity index (χ1v) is 9.68. The zero-order valence-corrected chi connectivity index (χ0v) is 15.6. The summed E-state index contributed by atoms with van der Waals surface area (Å²) in [5, 5.41) is 5.83. The third-order valence-corrected chi connectivity index (χ3v) is 5.82. The number of hydrogen-bond acceptors (Lipinski definition) is 4. The number of carbonyl (C=O) groups excluding carboxylic acids is 1. The van der Waals surface area contributed by atoms with Crippen LogP contribution in [0.2, 0.25) is 0 Å². The van der Waals surface area contributed by atoms with Crippen molar-refractivity contribution < 1.29 is 4.79 Å². The molecule has 0 fully saturated rings. The Kier molecular flexibility index (Phi) is 4.64. The average molecular weight is 380 g/mol. The summed E-state index contributed by atoms with van der Waals surface area (Å²) in [6, 6.07) is 13.6. The normalized spacial score (nSPS) is 10.8. The van der Waals surface area contributed by atoms with Gasteiger partial charge < -0.3 is 14.5 Å². The Morgan fingerprint density at radius 3 is 2.58 bits per heavy atom. The topological polar surface area (TPSA) is 51.9 Å². The Labute approximate surface area is 159 Å².